The van der Waals surface area contributed by atoms with Gasteiger partial charge in [0.05, 0.1) is 6.61 Å². The van der Waals surface area contributed by atoms with E-state index in [1.54, 1.807) is 0 Å². The fourth-order valence-corrected chi connectivity index (χ4v) is 4.10. The van der Waals surface area contributed by atoms with Crippen LogP contribution in [0, 0.1) is 5.92 Å². The Hall–Kier alpha value is -0.260. The van der Waals surface area contributed by atoms with Crippen LogP contribution < -0.4 is 5.32 Å². The molecule has 5 heteroatoms. The summed E-state index contributed by atoms with van der Waals surface area (Å²) in [4.78, 5) is 12.4. The number of thioether (sulfide) groups is 1. The lowest BCUT2D eigenvalue weighted by Crippen LogP contribution is -2.55. The van der Waals surface area contributed by atoms with Gasteiger partial charge in [0.1, 0.15) is 5.54 Å². The first kappa shape index (κ1) is 17.8. The quantitative estimate of drug-likeness (QED) is 0.479. The summed E-state index contributed by atoms with van der Waals surface area (Å²) in [7, 11) is 0. The number of carbonyl (C=O) groups excluding carboxylic acids is 1. The number of rotatable bonds is 10. The molecule has 0 amide bonds. The summed E-state index contributed by atoms with van der Waals surface area (Å²) in [5, 5.41) is 12.2. The number of ether oxygens (including phenoxy) is 1. The Morgan fingerprint density at radius 3 is 2.90 bits per heavy atom. The number of carbonyl (C=O) groups is 1. The monoisotopic (exact) mass is 303 g/mol. The Labute approximate surface area is 127 Å². The molecule has 0 aromatic carbocycles. The van der Waals surface area contributed by atoms with E-state index in [9.17, 15) is 4.79 Å². The molecule has 0 aromatic rings. The Bertz CT molecular complexity index is 288. The minimum absolute atomic E-state index is 0.0651. The first-order chi connectivity index (χ1) is 9.71. The number of esters is 1. The Morgan fingerprint density at radius 2 is 2.25 bits per heavy atom. The normalized spacial score (nSPS) is 25.9. The van der Waals surface area contributed by atoms with Gasteiger partial charge in [-0.05, 0) is 56.6 Å². The highest BCUT2D eigenvalue weighted by atomic mass is 32.2. The lowest BCUT2D eigenvalue weighted by molar-refractivity contribution is -0.153. The van der Waals surface area contributed by atoms with E-state index in [4.69, 9.17) is 9.84 Å². The van der Waals surface area contributed by atoms with Crippen molar-refractivity contribution in [3.63, 3.8) is 0 Å². The van der Waals surface area contributed by atoms with Crippen LogP contribution in [-0.2, 0) is 9.53 Å². The number of hydrogen-bond donors (Lipinski definition) is 2. The van der Waals surface area contributed by atoms with Crippen molar-refractivity contribution in [2.24, 2.45) is 5.92 Å². The van der Waals surface area contributed by atoms with Crippen LogP contribution in [0.4, 0.5) is 0 Å². The molecule has 0 bridgehead atoms. The highest BCUT2D eigenvalue weighted by molar-refractivity contribution is 7.99. The molecule has 0 saturated heterocycles. The zero-order valence-corrected chi connectivity index (χ0v) is 13.6. The fraction of sp³-hybridized carbons (Fsp3) is 0.933. The van der Waals surface area contributed by atoms with Crippen LogP contribution in [0.15, 0.2) is 0 Å². The van der Waals surface area contributed by atoms with Crippen LogP contribution in [0.25, 0.3) is 0 Å². The average Bonchev–Trinajstić information content (AvgIpc) is 2.83. The molecule has 0 spiro atoms. The fourth-order valence-electron chi connectivity index (χ4n) is 3.11. The lowest BCUT2D eigenvalue weighted by Gasteiger charge is -2.34. The second kappa shape index (κ2) is 9.64. The Kier molecular flexibility index (Phi) is 8.57. The first-order valence-corrected chi connectivity index (χ1v) is 8.97. The van der Waals surface area contributed by atoms with Gasteiger partial charge >= 0.3 is 5.97 Å². The standard InChI is InChI=1S/C15H29NO3S/c1-3-16-15(14(18)19-4-2)9-5-7-13(15)8-12-20-11-6-10-17/h13,16-17H,3-12H2,1-2H3. The number of nitrogens with one attached hydrogen (secondary N) is 1. The molecule has 0 heterocycles. The smallest absolute Gasteiger partial charge is 0.326 e. The van der Waals surface area contributed by atoms with Gasteiger partial charge in [0.2, 0.25) is 0 Å². The van der Waals surface area contributed by atoms with E-state index in [0.29, 0.717) is 12.5 Å². The minimum atomic E-state index is -0.456. The van der Waals surface area contributed by atoms with Gasteiger partial charge in [-0.25, -0.2) is 0 Å². The summed E-state index contributed by atoms with van der Waals surface area (Å²) in [6.45, 7) is 5.43. The number of hydrogen-bond acceptors (Lipinski definition) is 5. The maximum atomic E-state index is 12.4. The van der Waals surface area contributed by atoms with E-state index >= 15 is 0 Å². The van der Waals surface area contributed by atoms with Crippen molar-refractivity contribution in [1.82, 2.24) is 5.32 Å². The van der Waals surface area contributed by atoms with Gasteiger partial charge in [0.15, 0.2) is 0 Å². The molecule has 1 aliphatic carbocycles. The molecule has 1 rings (SSSR count). The van der Waals surface area contributed by atoms with Crippen LogP contribution in [0.1, 0.15) is 46.0 Å². The van der Waals surface area contributed by atoms with Gasteiger partial charge in [-0.2, -0.15) is 11.8 Å². The molecule has 2 unspecified atom stereocenters. The first-order valence-electron chi connectivity index (χ1n) is 7.82. The Balaban J connectivity index is 2.55. The summed E-state index contributed by atoms with van der Waals surface area (Å²) in [6, 6.07) is 0. The maximum absolute atomic E-state index is 12.4. The molecular weight excluding hydrogens is 274 g/mol. The molecule has 1 fully saturated rings. The largest absolute Gasteiger partial charge is 0.465 e. The van der Waals surface area contributed by atoms with E-state index in [1.807, 2.05) is 25.6 Å². The number of aliphatic hydroxyl groups excluding tert-OH is 1. The van der Waals surface area contributed by atoms with Gasteiger partial charge in [-0.1, -0.05) is 13.3 Å². The molecule has 2 N–H and O–H groups in total. The molecule has 0 aliphatic heterocycles. The van der Waals surface area contributed by atoms with Crippen molar-refractivity contribution in [3.05, 3.63) is 0 Å². The third-order valence-corrected chi connectivity index (χ3v) is 5.11. The van der Waals surface area contributed by atoms with Gasteiger partial charge in [-0.3, -0.25) is 4.79 Å². The molecule has 118 valence electrons. The van der Waals surface area contributed by atoms with Crippen molar-refractivity contribution in [3.8, 4) is 0 Å². The minimum Gasteiger partial charge on any atom is -0.465 e. The van der Waals surface area contributed by atoms with E-state index in [-0.39, 0.29) is 12.6 Å². The average molecular weight is 303 g/mol. The van der Waals surface area contributed by atoms with Gasteiger partial charge in [0, 0.05) is 6.61 Å². The van der Waals surface area contributed by atoms with Crippen LogP contribution in [0.5, 0.6) is 0 Å². The SMILES string of the molecule is CCNC1(C(=O)OCC)CCCC1CCSCCCO. The van der Waals surface area contributed by atoms with Gasteiger partial charge < -0.3 is 15.2 Å². The highest BCUT2D eigenvalue weighted by Crippen LogP contribution is 2.39. The molecule has 1 aliphatic rings. The number of likely N-dealkylation sites (N-methyl/N-ethyl adjacent to an activating group) is 1. The number of aliphatic hydroxyl groups is 1. The predicted molar refractivity (Wildman–Crippen MR) is 84.0 cm³/mol. The zero-order chi connectivity index (χ0) is 14.8. The van der Waals surface area contributed by atoms with E-state index in [0.717, 1.165) is 50.2 Å². The zero-order valence-electron chi connectivity index (χ0n) is 12.8. The van der Waals surface area contributed by atoms with Gasteiger partial charge in [-0.15, -0.1) is 0 Å². The lowest BCUT2D eigenvalue weighted by atomic mass is 9.85. The van der Waals surface area contributed by atoms with Crippen LogP contribution in [0.2, 0.25) is 0 Å². The van der Waals surface area contributed by atoms with Crippen LogP contribution >= 0.6 is 11.8 Å². The van der Waals surface area contributed by atoms with Crippen molar-refractivity contribution in [2.75, 3.05) is 31.3 Å². The van der Waals surface area contributed by atoms with E-state index in [1.165, 1.54) is 0 Å². The second-order valence-electron chi connectivity index (χ2n) is 5.29. The molecular formula is C15H29NO3S. The molecule has 20 heavy (non-hydrogen) atoms. The molecule has 0 aromatic heterocycles. The summed E-state index contributed by atoms with van der Waals surface area (Å²) < 4.78 is 5.32. The summed E-state index contributed by atoms with van der Waals surface area (Å²) in [6.07, 6.45) is 4.99. The van der Waals surface area contributed by atoms with E-state index in [2.05, 4.69) is 5.32 Å². The summed E-state index contributed by atoms with van der Waals surface area (Å²) in [5.41, 5.74) is -0.456. The maximum Gasteiger partial charge on any atom is 0.326 e. The van der Waals surface area contributed by atoms with Gasteiger partial charge in [0.25, 0.3) is 0 Å². The topological polar surface area (TPSA) is 58.6 Å². The highest BCUT2D eigenvalue weighted by Gasteiger charge is 2.49. The van der Waals surface area contributed by atoms with Crippen molar-refractivity contribution in [1.29, 1.82) is 0 Å². The van der Waals surface area contributed by atoms with Crippen molar-refractivity contribution < 1.29 is 14.6 Å². The summed E-state index contributed by atoms with van der Waals surface area (Å²) in [5.74, 6) is 2.36. The molecule has 0 radical (unpaired) electrons. The van der Waals surface area contributed by atoms with Crippen LogP contribution in [-0.4, -0.2) is 47.9 Å². The van der Waals surface area contributed by atoms with E-state index < -0.39 is 5.54 Å². The second-order valence-corrected chi connectivity index (χ2v) is 6.51. The molecule has 4 nitrogen and oxygen atoms in total. The molecule has 1 saturated carbocycles. The summed E-state index contributed by atoms with van der Waals surface area (Å²) >= 11 is 1.87. The van der Waals surface area contributed by atoms with Crippen molar-refractivity contribution in [2.45, 2.75) is 51.5 Å². The predicted octanol–water partition coefficient (Wildman–Crippen LogP) is 2.20. The van der Waals surface area contributed by atoms with Crippen molar-refractivity contribution >= 4 is 17.7 Å². The third kappa shape index (κ3) is 4.64. The third-order valence-electron chi connectivity index (χ3n) is 4.01. The Morgan fingerprint density at radius 1 is 1.45 bits per heavy atom. The molecule has 2 atom stereocenters. The van der Waals surface area contributed by atoms with Crippen LogP contribution in [0.3, 0.4) is 0 Å².